The standard InChI is InChI=1S/C30H35ClN2O3/c1-5-23(4)32-30(35)28(18-24-12-7-6-8-13-24)33(19-25-14-10-9-11-21(25)2)29(34)20-36-26-15-16-27(31)22(3)17-26/h6-17,23,28H,5,18-20H2,1-4H3,(H,32,35)/t23-,28-/m1/s1. The predicted molar refractivity (Wildman–Crippen MR) is 145 cm³/mol. The molecule has 0 saturated heterocycles. The Morgan fingerprint density at radius 1 is 0.972 bits per heavy atom. The topological polar surface area (TPSA) is 58.6 Å². The molecule has 0 unspecified atom stereocenters. The van der Waals surface area contributed by atoms with Crippen LogP contribution in [-0.4, -0.2) is 35.4 Å². The molecule has 0 aliphatic rings. The third-order valence-electron chi connectivity index (χ3n) is 6.37. The van der Waals surface area contributed by atoms with Gasteiger partial charge in [0.1, 0.15) is 11.8 Å². The Balaban J connectivity index is 1.92. The second-order valence-corrected chi connectivity index (χ2v) is 9.58. The van der Waals surface area contributed by atoms with Gasteiger partial charge in [-0.15, -0.1) is 0 Å². The highest BCUT2D eigenvalue weighted by Crippen LogP contribution is 2.22. The summed E-state index contributed by atoms with van der Waals surface area (Å²) in [5.41, 5.74) is 3.90. The van der Waals surface area contributed by atoms with E-state index < -0.39 is 6.04 Å². The molecule has 2 atom stereocenters. The van der Waals surface area contributed by atoms with Gasteiger partial charge in [0.15, 0.2) is 6.61 Å². The third kappa shape index (κ3) is 7.59. The minimum absolute atomic E-state index is 0.000482. The van der Waals surface area contributed by atoms with Crippen LogP contribution in [0.1, 0.15) is 42.5 Å². The Morgan fingerprint density at radius 2 is 1.67 bits per heavy atom. The van der Waals surface area contributed by atoms with Gasteiger partial charge >= 0.3 is 0 Å². The summed E-state index contributed by atoms with van der Waals surface area (Å²) in [5.74, 6) is 0.133. The Labute approximate surface area is 219 Å². The zero-order chi connectivity index (χ0) is 26.1. The van der Waals surface area contributed by atoms with Crippen LogP contribution in [0.3, 0.4) is 0 Å². The number of halogens is 1. The highest BCUT2D eigenvalue weighted by molar-refractivity contribution is 6.31. The predicted octanol–water partition coefficient (Wildman–Crippen LogP) is 5.89. The summed E-state index contributed by atoms with van der Waals surface area (Å²) < 4.78 is 5.85. The molecule has 3 rings (SSSR count). The van der Waals surface area contributed by atoms with Gasteiger partial charge in [-0.3, -0.25) is 9.59 Å². The minimum atomic E-state index is -0.691. The minimum Gasteiger partial charge on any atom is -0.484 e. The summed E-state index contributed by atoms with van der Waals surface area (Å²) in [7, 11) is 0. The van der Waals surface area contributed by atoms with Crippen LogP contribution in [0.15, 0.2) is 72.8 Å². The van der Waals surface area contributed by atoms with Gasteiger partial charge < -0.3 is 15.0 Å². The normalized spacial score (nSPS) is 12.5. The number of ether oxygens (including phenoxy) is 1. The lowest BCUT2D eigenvalue weighted by Gasteiger charge is -2.32. The molecule has 0 aromatic heterocycles. The maximum Gasteiger partial charge on any atom is 0.261 e. The number of hydrogen-bond donors (Lipinski definition) is 1. The first-order valence-electron chi connectivity index (χ1n) is 12.4. The molecule has 3 aromatic rings. The van der Waals surface area contributed by atoms with Gasteiger partial charge in [0.2, 0.25) is 5.91 Å². The van der Waals surface area contributed by atoms with Gasteiger partial charge in [0.25, 0.3) is 5.91 Å². The molecule has 190 valence electrons. The molecule has 0 radical (unpaired) electrons. The van der Waals surface area contributed by atoms with E-state index in [9.17, 15) is 9.59 Å². The van der Waals surface area contributed by atoms with Crippen LogP contribution in [-0.2, 0) is 22.6 Å². The van der Waals surface area contributed by atoms with Gasteiger partial charge in [-0.1, -0.05) is 73.1 Å². The molecular formula is C30H35ClN2O3. The molecule has 0 saturated carbocycles. The lowest BCUT2D eigenvalue weighted by molar-refractivity contribution is -0.143. The lowest BCUT2D eigenvalue weighted by Crippen LogP contribution is -2.53. The Hall–Kier alpha value is -3.31. The summed E-state index contributed by atoms with van der Waals surface area (Å²) in [6, 6.07) is 22.3. The van der Waals surface area contributed by atoms with Gasteiger partial charge in [-0.2, -0.15) is 0 Å². The monoisotopic (exact) mass is 506 g/mol. The Kier molecular flexibility index (Phi) is 9.95. The molecule has 0 aliphatic carbocycles. The number of rotatable bonds is 11. The number of nitrogens with zero attached hydrogens (tertiary/aromatic N) is 1. The van der Waals surface area contributed by atoms with E-state index in [1.807, 2.05) is 82.3 Å². The fourth-order valence-corrected chi connectivity index (χ4v) is 4.02. The van der Waals surface area contributed by atoms with E-state index in [2.05, 4.69) is 5.32 Å². The van der Waals surface area contributed by atoms with Crippen molar-refractivity contribution < 1.29 is 14.3 Å². The van der Waals surface area contributed by atoms with Crippen molar-refractivity contribution in [3.8, 4) is 5.75 Å². The molecular weight excluding hydrogens is 472 g/mol. The van der Waals surface area contributed by atoms with Crippen LogP contribution < -0.4 is 10.1 Å². The first kappa shape index (κ1) is 27.3. The molecule has 0 bridgehead atoms. The third-order valence-corrected chi connectivity index (χ3v) is 6.79. The number of carbonyl (C=O) groups excluding carboxylic acids is 2. The number of aryl methyl sites for hydroxylation is 2. The lowest BCUT2D eigenvalue weighted by atomic mass is 10.0. The number of amides is 2. The molecule has 3 aromatic carbocycles. The second-order valence-electron chi connectivity index (χ2n) is 9.17. The van der Waals surface area contributed by atoms with E-state index in [0.717, 1.165) is 28.7 Å². The van der Waals surface area contributed by atoms with Crippen molar-refractivity contribution in [2.75, 3.05) is 6.61 Å². The van der Waals surface area contributed by atoms with Crippen molar-refractivity contribution in [1.82, 2.24) is 10.2 Å². The van der Waals surface area contributed by atoms with E-state index in [-0.39, 0.29) is 24.5 Å². The number of hydrogen-bond acceptors (Lipinski definition) is 3. The Bertz CT molecular complexity index is 1170. The maximum atomic E-state index is 13.7. The van der Waals surface area contributed by atoms with Crippen LogP contribution >= 0.6 is 11.6 Å². The maximum absolute atomic E-state index is 13.7. The van der Waals surface area contributed by atoms with Crippen molar-refractivity contribution in [3.05, 3.63) is 100 Å². The van der Waals surface area contributed by atoms with Crippen molar-refractivity contribution in [1.29, 1.82) is 0 Å². The molecule has 0 fully saturated rings. The summed E-state index contributed by atoms with van der Waals surface area (Å²) in [6.07, 6.45) is 1.20. The van der Waals surface area contributed by atoms with Gasteiger partial charge in [-0.05, 0) is 67.6 Å². The second kappa shape index (κ2) is 13.1. The quantitative estimate of drug-likeness (QED) is 0.352. The van der Waals surface area contributed by atoms with E-state index >= 15 is 0 Å². The van der Waals surface area contributed by atoms with Crippen LogP contribution in [0.5, 0.6) is 5.75 Å². The molecule has 2 amide bonds. The van der Waals surface area contributed by atoms with E-state index in [1.54, 1.807) is 23.1 Å². The van der Waals surface area contributed by atoms with Gasteiger partial charge in [0, 0.05) is 24.0 Å². The average Bonchev–Trinajstić information content (AvgIpc) is 2.88. The Morgan fingerprint density at radius 3 is 2.33 bits per heavy atom. The smallest absolute Gasteiger partial charge is 0.261 e. The van der Waals surface area contributed by atoms with Crippen molar-refractivity contribution in [3.63, 3.8) is 0 Å². The largest absolute Gasteiger partial charge is 0.484 e. The van der Waals surface area contributed by atoms with Crippen LogP contribution in [0.25, 0.3) is 0 Å². The number of benzene rings is 3. The van der Waals surface area contributed by atoms with Crippen molar-refractivity contribution >= 4 is 23.4 Å². The first-order chi connectivity index (χ1) is 17.3. The summed E-state index contributed by atoms with van der Waals surface area (Å²) in [6.45, 7) is 8.01. The van der Waals surface area contributed by atoms with Crippen LogP contribution in [0.2, 0.25) is 5.02 Å². The summed E-state index contributed by atoms with van der Waals surface area (Å²) in [4.78, 5) is 28.9. The highest BCUT2D eigenvalue weighted by Gasteiger charge is 2.31. The molecule has 1 N–H and O–H groups in total. The van der Waals surface area contributed by atoms with Crippen molar-refractivity contribution in [2.45, 2.75) is 59.2 Å². The molecule has 0 aliphatic heterocycles. The van der Waals surface area contributed by atoms with E-state index in [0.29, 0.717) is 23.7 Å². The van der Waals surface area contributed by atoms with Gasteiger partial charge in [0.05, 0.1) is 0 Å². The molecule has 36 heavy (non-hydrogen) atoms. The molecule has 0 heterocycles. The zero-order valence-electron chi connectivity index (χ0n) is 21.5. The fraction of sp³-hybridized carbons (Fsp3) is 0.333. The summed E-state index contributed by atoms with van der Waals surface area (Å²) >= 11 is 6.13. The highest BCUT2D eigenvalue weighted by atomic mass is 35.5. The fourth-order valence-electron chi connectivity index (χ4n) is 3.90. The number of carbonyl (C=O) groups is 2. The molecule has 0 spiro atoms. The van der Waals surface area contributed by atoms with E-state index in [1.165, 1.54) is 0 Å². The van der Waals surface area contributed by atoms with Crippen LogP contribution in [0, 0.1) is 13.8 Å². The SMILES string of the molecule is CC[C@@H](C)NC(=O)[C@@H](Cc1ccccc1)N(Cc1ccccc1C)C(=O)COc1ccc(Cl)c(C)c1. The van der Waals surface area contributed by atoms with E-state index in [4.69, 9.17) is 16.3 Å². The average molecular weight is 507 g/mol. The van der Waals surface area contributed by atoms with Crippen molar-refractivity contribution in [2.24, 2.45) is 0 Å². The molecule has 6 heteroatoms. The van der Waals surface area contributed by atoms with Gasteiger partial charge in [-0.25, -0.2) is 0 Å². The number of nitrogens with one attached hydrogen (secondary N) is 1. The van der Waals surface area contributed by atoms with Crippen LogP contribution in [0.4, 0.5) is 0 Å². The molecule has 5 nitrogen and oxygen atoms in total. The zero-order valence-corrected chi connectivity index (χ0v) is 22.2. The first-order valence-corrected chi connectivity index (χ1v) is 12.7. The summed E-state index contributed by atoms with van der Waals surface area (Å²) in [5, 5.41) is 3.72.